The average molecular weight is 331 g/mol. The van der Waals surface area contributed by atoms with Crippen molar-refractivity contribution in [2.24, 2.45) is 0 Å². The molecular formula is C11H13F4NO2S2. The highest BCUT2D eigenvalue weighted by Gasteiger charge is 2.48. The summed E-state index contributed by atoms with van der Waals surface area (Å²) in [7, 11) is -5.58. The van der Waals surface area contributed by atoms with Crippen molar-refractivity contribution < 1.29 is 26.0 Å². The molecule has 0 heterocycles. The van der Waals surface area contributed by atoms with Gasteiger partial charge in [0.15, 0.2) is 0 Å². The van der Waals surface area contributed by atoms with Crippen LogP contribution in [0.15, 0.2) is 23.1 Å². The SMILES string of the molecule is CSCCCNc1ccc(F)cc1S(=O)(=O)C(F)(F)F. The maximum atomic E-state index is 13.0. The van der Waals surface area contributed by atoms with E-state index in [4.69, 9.17) is 0 Å². The standard InChI is InChI=1S/C11H13F4NO2S2/c1-19-6-2-5-16-9-4-3-8(12)7-10(9)20(17,18)11(13,14)15/h3-4,7,16H,2,5-6H2,1H3. The summed E-state index contributed by atoms with van der Waals surface area (Å²) in [6.45, 7) is 0.298. The molecule has 114 valence electrons. The summed E-state index contributed by atoms with van der Waals surface area (Å²) in [6.07, 6.45) is 2.52. The zero-order chi connectivity index (χ0) is 15.4. The fourth-order valence-electron chi connectivity index (χ4n) is 1.43. The maximum Gasteiger partial charge on any atom is 0.501 e. The Morgan fingerprint density at radius 1 is 1.30 bits per heavy atom. The number of hydrogen-bond donors (Lipinski definition) is 1. The molecule has 0 aliphatic heterocycles. The van der Waals surface area contributed by atoms with Crippen LogP contribution in [0.3, 0.4) is 0 Å². The number of thioether (sulfide) groups is 1. The summed E-state index contributed by atoms with van der Waals surface area (Å²) >= 11 is 1.55. The van der Waals surface area contributed by atoms with Crippen LogP contribution in [0.4, 0.5) is 23.2 Å². The fourth-order valence-corrected chi connectivity index (χ4v) is 2.81. The van der Waals surface area contributed by atoms with Crippen molar-refractivity contribution >= 4 is 27.3 Å². The lowest BCUT2D eigenvalue weighted by Crippen LogP contribution is -2.24. The molecule has 0 atom stereocenters. The first-order valence-corrected chi connectivity index (χ1v) is 8.41. The van der Waals surface area contributed by atoms with Crippen molar-refractivity contribution in [3.05, 3.63) is 24.0 Å². The molecule has 1 aromatic carbocycles. The van der Waals surface area contributed by atoms with Crippen molar-refractivity contribution in [3.63, 3.8) is 0 Å². The smallest absolute Gasteiger partial charge is 0.384 e. The molecule has 0 amide bonds. The number of nitrogens with one attached hydrogen (secondary N) is 1. The Labute approximate surface area is 118 Å². The lowest BCUT2D eigenvalue weighted by atomic mass is 10.3. The molecule has 0 bridgehead atoms. The molecule has 0 unspecified atom stereocenters. The highest BCUT2D eigenvalue weighted by atomic mass is 32.2. The summed E-state index contributed by atoms with van der Waals surface area (Å²) in [5.41, 5.74) is -5.71. The van der Waals surface area contributed by atoms with Gasteiger partial charge in [0.2, 0.25) is 0 Å². The predicted octanol–water partition coefficient (Wildman–Crippen LogP) is 3.28. The summed E-state index contributed by atoms with van der Waals surface area (Å²) in [4.78, 5) is -1.09. The Bertz CT molecular complexity index is 558. The highest BCUT2D eigenvalue weighted by molar-refractivity contribution is 7.98. The maximum absolute atomic E-state index is 13.0. The van der Waals surface area contributed by atoms with Crippen LogP contribution in [0.1, 0.15) is 6.42 Å². The van der Waals surface area contributed by atoms with E-state index < -0.39 is 26.1 Å². The van der Waals surface area contributed by atoms with Crippen molar-refractivity contribution in [2.75, 3.05) is 23.9 Å². The zero-order valence-corrected chi connectivity index (χ0v) is 12.1. The van der Waals surface area contributed by atoms with E-state index in [1.807, 2.05) is 6.26 Å². The Morgan fingerprint density at radius 3 is 2.50 bits per heavy atom. The molecule has 0 aliphatic rings. The van der Waals surface area contributed by atoms with Gasteiger partial charge in [0.25, 0.3) is 9.84 Å². The lowest BCUT2D eigenvalue weighted by molar-refractivity contribution is -0.0435. The van der Waals surface area contributed by atoms with Crippen LogP contribution in [-0.4, -0.2) is 32.5 Å². The van der Waals surface area contributed by atoms with Gasteiger partial charge in [-0.3, -0.25) is 0 Å². The number of benzene rings is 1. The van der Waals surface area contributed by atoms with Gasteiger partial charge in [0.1, 0.15) is 10.7 Å². The van der Waals surface area contributed by atoms with Gasteiger partial charge in [-0.2, -0.15) is 24.9 Å². The molecule has 0 spiro atoms. The van der Waals surface area contributed by atoms with Gasteiger partial charge in [-0.15, -0.1) is 0 Å². The van der Waals surface area contributed by atoms with Gasteiger partial charge in [0.05, 0.1) is 5.69 Å². The monoisotopic (exact) mass is 331 g/mol. The number of hydrogen-bond acceptors (Lipinski definition) is 4. The van der Waals surface area contributed by atoms with Crippen LogP contribution in [0, 0.1) is 5.82 Å². The van der Waals surface area contributed by atoms with E-state index >= 15 is 0 Å². The van der Waals surface area contributed by atoms with E-state index in [9.17, 15) is 26.0 Å². The summed E-state index contributed by atoms with van der Waals surface area (Å²) in [6, 6.07) is 2.28. The van der Waals surface area contributed by atoms with Crippen molar-refractivity contribution in [1.29, 1.82) is 0 Å². The van der Waals surface area contributed by atoms with Gasteiger partial charge in [0, 0.05) is 6.54 Å². The number of halogens is 4. The van der Waals surface area contributed by atoms with E-state index in [-0.39, 0.29) is 5.69 Å². The normalized spacial score (nSPS) is 12.4. The lowest BCUT2D eigenvalue weighted by Gasteiger charge is -2.14. The number of anilines is 1. The molecule has 1 aromatic rings. The van der Waals surface area contributed by atoms with E-state index in [1.165, 1.54) is 0 Å². The molecule has 0 fully saturated rings. The Kier molecular flexibility index (Phi) is 5.69. The minimum absolute atomic E-state index is 0.246. The van der Waals surface area contributed by atoms with Crippen molar-refractivity contribution in [3.8, 4) is 0 Å². The second-order valence-electron chi connectivity index (χ2n) is 3.86. The molecule has 0 saturated heterocycles. The topological polar surface area (TPSA) is 46.2 Å². The Balaban J connectivity index is 3.09. The molecule has 1 rings (SSSR count). The van der Waals surface area contributed by atoms with Crippen LogP contribution in [0.25, 0.3) is 0 Å². The molecule has 0 aliphatic carbocycles. The zero-order valence-electron chi connectivity index (χ0n) is 10.5. The molecule has 0 aromatic heterocycles. The van der Waals surface area contributed by atoms with E-state index in [1.54, 1.807) is 11.8 Å². The van der Waals surface area contributed by atoms with Crippen LogP contribution in [0.2, 0.25) is 0 Å². The third-order valence-electron chi connectivity index (χ3n) is 2.38. The Hall–Kier alpha value is -0.960. The van der Waals surface area contributed by atoms with Gasteiger partial charge >= 0.3 is 5.51 Å². The van der Waals surface area contributed by atoms with Gasteiger partial charge < -0.3 is 5.32 Å². The van der Waals surface area contributed by atoms with Crippen LogP contribution >= 0.6 is 11.8 Å². The number of alkyl halides is 3. The minimum Gasteiger partial charge on any atom is -0.384 e. The summed E-state index contributed by atoms with van der Waals surface area (Å²) < 4.78 is 73.4. The van der Waals surface area contributed by atoms with Crippen LogP contribution in [-0.2, 0) is 9.84 Å². The summed E-state index contributed by atoms with van der Waals surface area (Å²) in [5, 5.41) is 2.59. The molecule has 20 heavy (non-hydrogen) atoms. The van der Waals surface area contributed by atoms with E-state index in [0.29, 0.717) is 19.0 Å². The predicted molar refractivity (Wildman–Crippen MR) is 71.1 cm³/mol. The van der Waals surface area contributed by atoms with Crippen molar-refractivity contribution in [2.45, 2.75) is 16.8 Å². The largest absolute Gasteiger partial charge is 0.501 e. The first kappa shape index (κ1) is 17.1. The average Bonchev–Trinajstić information content (AvgIpc) is 2.34. The van der Waals surface area contributed by atoms with Gasteiger partial charge in [-0.25, -0.2) is 12.8 Å². The molecular weight excluding hydrogens is 318 g/mol. The first-order chi connectivity index (χ1) is 9.20. The van der Waals surface area contributed by atoms with Crippen LogP contribution in [0.5, 0.6) is 0 Å². The van der Waals surface area contributed by atoms with E-state index in [2.05, 4.69) is 5.32 Å². The van der Waals surface area contributed by atoms with Crippen molar-refractivity contribution in [1.82, 2.24) is 0 Å². The quantitative estimate of drug-likeness (QED) is 0.642. The third kappa shape index (κ3) is 4.02. The molecule has 9 heteroatoms. The number of rotatable bonds is 6. The molecule has 3 nitrogen and oxygen atoms in total. The fraction of sp³-hybridized carbons (Fsp3) is 0.455. The molecule has 0 saturated carbocycles. The van der Waals surface area contributed by atoms with E-state index in [0.717, 1.165) is 17.9 Å². The molecule has 0 radical (unpaired) electrons. The van der Waals surface area contributed by atoms with Gasteiger partial charge in [-0.1, -0.05) is 0 Å². The number of sulfone groups is 1. The first-order valence-electron chi connectivity index (χ1n) is 5.54. The van der Waals surface area contributed by atoms with Gasteiger partial charge in [-0.05, 0) is 36.6 Å². The summed E-state index contributed by atoms with van der Waals surface area (Å²) in [5.74, 6) is -0.266. The molecule has 1 N–H and O–H groups in total. The second-order valence-corrected chi connectivity index (χ2v) is 6.76. The Morgan fingerprint density at radius 2 is 1.95 bits per heavy atom. The second kappa shape index (κ2) is 6.66. The minimum atomic E-state index is -5.58. The van der Waals surface area contributed by atoms with Crippen LogP contribution < -0.4 is 5.32 Å². The third-order valence-corrected chi connectivity index (χ3v) is 4.60. The highest BCUT2D eigenvalue weighted by Crippen LogP contribution is 2.34.